The highest BCUT2D eigenvalue weighted by Gasteiger charge is 2.28. The molecule has 1 aromatic heterocycles. The number of carbonyl (C=O) groups is 2. The Kier molecular flexibility index (Phi) is 6.42. The average molecular weight is 364 g/mol. The van der Waals surface area contributed by atoms with Gasteiger partial charge in [-0.1, -0.05) is 0 Å². The van der Waals surface area contributed by atoms with Gasteiger partial charge in [-0.3, -0.25) is 9.59 Å². The molecule has 0 aliphatic carbocycles. The van der Waals surface area contributed by atoms with E-state index in [4.69, 9.17) is 4.74 Å². The SMILES string of the molecule is COC(=O)N1CCN(C(=O)c2c(C)ccn(C(C)CN(C)C)c2=O)CC1. The van der Waals surface area contributed by atoms with Gasteiger partial charge >= 0.3 is 6.09 Å². The number of nitrogens with zero attached hydrogens (tertiary/aromatic N) is 4. The standard InChI is InChI=1S/C18H28N4O4/c1-13-6-7-22(14(2)12-19(3)4)17(24)15(13)16(23)20-8-10-21(11-9-20)18(25)26-5/h6-7,14H,8-12H2,1-5H3. The van der Waals surface area contributed by atoms with Crippen LogP contribution in [0.25, 0.3) is 0 Å². The van der Waals surface area contributed by atoms with Crippen molar-refractivity contribution in [3.8, 4) is 0 Å². The van der Waals surface area contributed by atoms with Gasteiger partial charge in [0.15, 0.2) is 0 Å². The molecule has 0 spiro atoms. The molecule has 26 heavy (non-hydrogen) atoms. The molecule has 2 heterocycles. The summed E-state index contributed by atoms with van der Waals surface area (Å²) in [6.45, 7) is 6.00. The van der Waals surface area contributed by atoms with Crippen molar-refractivity contribution in [2.45, 2.75) is 19.9 Å². The maximum atomic E-state index is 13.0. The van der Waals surface area contributed by atoms with E-state index in [0.717, 1.165) is 0 Å². The molecule has 1 fully saturated rings. The molecule has 0 N–H and O–H groups in total. The third-order valence-corrected chi connectivity index (χ3v) is 4.65. The van der Waals surface area contributed by atoms with Crippen molar-refractivity contribution in [2.24, 2.45) is 0 Å². The Morgan fingerprint density at radius 3 is 2.31 bits per heavy atom. The number of hydrogen-bond acceptors (Lipinski definition) is 5. The van der Waals surface area contributed by atoms with E-state index in [-0.39, 0.29) is 23.1 Å². The van der Waals surface area contributed by atoms with Gasteiger partial charge in [0.2, 0.25) is 0 Å². The first kappa shape index (κ1) is 20.0. The number of aryl methyl sites for hydroxylation is 1. The van der Waals surface area contributed by atoms with E-state index in [9.17, 15) is 14.4 Å². The second-order valence-corrected chi connectivity index (χ2v) is 6.95. The molecule has 1 unspecified atom stereocenters. The Morgan fingerprint density at radius 2 is 1.77 bits per heavy atom. The normalized spacial score (nSPS) is 15.9. The van der Waals surface area contributed by atoms with Gasteiger partial charge in [0, 0.05) is 45.0 Å². The Bertz CT molecular complexity index is 720. The summed E-state index contributed by atoms with van der Waals surface area (Å²) in [4.78, 5) is 42.6. The Balaban J connectivity index is 2.21. The van der Waals surface area contributed by atoms with Crippen LogP contribution in [0.1, 0.15) is 28.9 Å². The van der Waals surface area contributed by atoms with Crippen LogP contribution in [0, 0.1) is 6.92 Å². The lowest BCUT2D eigenvalue weighted by Crippen LogP contribution is -2.51. The number of rotatable bonds is 4. The van der Waals surface area contributed by atoms with Gasteiger partial charge in [-0.25, -0.2) is 4.79 Å². The molecule has 0 bridgehead atoms. The van der Waals surface area contributed by atoms with E-state index < -0.39 is 6.09 Å². The minimum absolute atomic E-state index is 0.0409. The quantitative estimate of drug-likeness (QED) is 0.790. The van der Waals surface area contributed by atoms with E-state index in [1.165, 1.54) is 7.11 Å². The van der Waals surface area contributed by atoms with Gasteiger partial charge in [-0.2, -0.15) is 0 Å². The highest BCUT2D eigenvalue weighted by molar-refractivity contribution is 5.95. The fourth-order valence-corrected chi connectivity index (χ4v) is 3.24. The van der Waals surface area contributed by atoms with Crippen molar-refractivity contribution in [1.82, 2.24) is 19.3 Å². The fourth-order valence-electron chi connectivity index (χ4n) is 3.24. The maximum absolute atomic E-state index is 13.0. The fraction of sp³-hybridized carbons (Fsp3) is 0.611. The Hall–Kier alpha value is -2.35. The van der Waals surface area contributed by atoms with E-state index in [2.05, 4.69) is 0 Å². The van der Waals surface area contributed by atoms with Gasteiger partial charge in [-0.15, -0.1) is 0 Å². The molecule has 2 amide bonds. The summed E-state index contributed by atoms with van der Waals surface area (Å²) in [5.41, 5.74) is 0.619. The summed E-state index contributed by atoms with van der Waals surface area (Å²) < 4.78 is 6.32. The molecular formula is C18H28N4O4. The van der Waals surface area contributed by atoms with Crippen molar-refractivity contribution in [3.63, 3.8) is 0 Å². The molecular weight excluding hydrogens is 336 g/mol. The molecule has 144 valence electrons. The zero-order valence-corrected chi connectivity index (χ0v) is 16.2. The Labute approximate surface area is 153 Å². The molecule has 1 aliphatic heterocycles. The smallest absolute Gasteiger partial charge is 0.409 e. The van der Waals surface area contributed by atoms with Crippen LogP contribution in [0.4, 0.5) is 4.79 Å². The topological polar surface area (TPSA) is 75.1 Å². The first-order chi connectivity index (χ1) is 12.3. The van der Waals surface area contributed by atoms with Crippen molar-refractivity contribution < 1.29 is 14.3 Å². The summed E-state index contributed by atoms with van der Waals surface area (Å²) >= 11 is 0. The molecule has 0 saturated carbocycles. The highest BCUT2D eigenvalue weighted by Crippen LogP contribution is 2.12. The zero-order valence-electron chi connectivity index (χ0n) is 16.2. The largest absolute Gasteiger partial charge is 0.453 e. The van der Waals surface area contributed by atoms with Gasteiger partial charge in [0.25, 0.3) is 11.5 Å². The van der Waals surface area contributed by atoms with Crippen LogP contribution in [0.15, 0.2) is 17.1 Å². The number of pyridine rings is 1. The monoisotopic (exact) mass is 364 g/mol. The minimum atomic E-state index is -0.396. The number of ether oxygens (including phenoxy) is 1. The van der Waals surface area contributed by atoms with E-state index in [1.54, 1.807) is 27.5 Å². The number of aromatic nitrogens is 1. The highest BCUT2D eigenvalue weighted by atomic mass is 16.5. The lowest BCUT2D eigenvalue weighted by molar-refractivity contribution is 0.0596. The van der Waals surface area contributed by atoms with Crippen LogP contribution < -0.4 is 5.56 Å². The van der Waals surface area contributed by atoms with Crippen molar-refractivity contribution in [1.29, 1.82) is 0 Å². The molecule has 1 aromatic rings. The predicted octanol–water partition coefficient (Wildman–Crippen LogP) is 0.804. The second-order valence-electron chi connectivity index (χ2n) is 6.95. The first-order valence-corrected chi connectivity index (χ1v) is 8.75. The number of methoxy groups -OCH3 is 1. The first-order valence-electron chi connectivity index (χ1n) is 8.75. The maximum Gasteiger partial charge on any atom is 0.409 e. The molecule has 8 nitrogen and oxygen atoms in total. The molecule has 1 atom stereocenters. The van der Waals surface area contributed by atoms with E-state index >= 15 is 0 Å². The third-order valence-electron chi connectivity index (χ3n) is 4.65. The predicted molar refractivity (Wildman–Crippen MR) is 98.6 cm³/mol. The number of hydrogen-bond donors (Lipinski definition) is 0. The molecule has 8 heteroatoms. The van der Waals surface area contributed by atoms with Crippen LogP contribution in [0.5, 0.6) is 0 Å². The van der Waals surface area contributed by atoms with Crippen LogP contribution in [-0.2, 0) is 4.74 Å². The van der Waals surface area contributed by atoms with Gasteiger partial charge in [-0.05, 0) is 39.6 Å². The number of amides is 2. The van der Waals surface area contributed by atoms with Crippen molar-refractivity contribution >= 4 is 12.0 Å². The second kappa shape index (κ2) is 8.35. The molecule has 0 aromatic carbocycles. The summed E-state index contributed by atoms with van der Waals surface area (Å²) in [6.07, 6.45) is 1.35. The van der Waals surface area contributed by atoms with Gasteiger partial charge in [0.05, 0.1) is 7.11 Å². The van der Waals surface area contributed by atoms with Gasteiger partial charge in [0.1, 0.15) is 5.56 Å². The number of piperazine rings is 1. The lowest BCUT2D eigenvalue weighted by atomic mass is 10.1. The summed E-state index contributed by atoms with van der Waals surface area (Å²) in [5, 5.41) is 0. The van der Waals surface area contributed by atoms with Crippen molar-refractivity contribution in [3.05, 3.63) is 33.7 Å². The van der Waals surface area contributed by atoms with Crippen LogP contribution in [0.3, 0.4) is 0 Å². The van der Waals surface area contributed by atoms with E-state index in [1.807, 2.05) is 32.0 Å². The molecule has 1 saturated heterocycles. The van der Waals surface area contributed by atoms with Crippen LogP contribution >= 0.6 is 0 Å². The third kappa shape index (κ3) is 4.24. The summed E-state index contributed by atoms with van der Waals surface area (Å²) in [5.74, 6) is -0.275. The van der Waals surface area contributed by atoms with Crippen molar-refractivity contribution in [2.75, 3.05) is 53.9 Å². The number of carbonyl (C=O) groups excluding carboxylic acids is 2. The Morgan fingerprint density at radius 1 is 1.19 bits per heavy atom. The zero-order chi connectivity index (χ0) is 19.4. The van der Waals surface area contributed by atoms with Crippen LogP contribution in [-0.4, -0.2) is 85.2 Å². The summed E-state index contributed by atoms with van der Waals surface area (Å²) in [7, 11) is 5.23. The molecule has 1 aliphatic rings. The number of likely N-dealkylation sites (N-methyl/N-ethyl adjacent to an activating group) is 1. The van der Waals surface area contributed by atoms with E-state index in [0.29, 0.717) is 38.3 Å². The molecule has 2 rings (SSSR count). The summed E-state index contributed by atoms with van der Waals surface area (Å²) in [6, 6.07) is 1.77. The lowest BCUT2D eigenvalue weighted by Gasteiger charge is -2.34. The van der Waals surface area contributed by atoms with Gasteiger partial charge < -0.3 is 24.0 Å². The van der Waals surface area contributed by atoms with Crippen LogP contribution in [0.2, 0.25) is 0 Å². The molecule has 0 radical (unpaired) electrons. The average Bonchev–Trinajstić information content (AvgIpc) is 2.60. The minimum Gasteiger partial charge on any atom is -0.453 e.